The highest BCUT2D eigenvalue weighted by molar-refractivity contribution is 6.04. The van der Waals surface area contributed by atoms with Crippen LogP contribution < -0.4 is 15.7 Å². The average molecular weight is 350 g/mol. The van der Waals surface area contributed by atoms with Crippen LogP contribution in [0.15, 0.2) is 57.7 Å². The minimum absolute atomic E-state index is 0.209. The summed E-state index contributed by atoms with van der Waals surface area (Å²) in [6, 6.07) is 11.4. The van der Waals surface area contributed by atoms with Crippen molar-refractivity contribution >= 4 is 22.7 Å². The van der Waals surface area contributed by atoms with Crippen molar-refractivity contribution in [3.63, 3.8) is 0 Å². The summed E-state index contributed by atoms with van der Waals surface area (Å²) in [7, 11) is 0. The number of nitrogens with zero attached hydrogens (tertiary/aromatic N) is 1. The summed E-state index contributed by atoms with van der Waals surface area (Å²) in [6.45, 7) is 0. The Labute approximate surface area is 137 Å². The van der Waals surface area contributed by atoms with Gasteiger partial charge in [0, 0.05) is 11.5 Å². The van der Waals surface area contributed by atoms with Crippen LogP contribution in [0.3, 0.4) is 0 Å². The number of carbonyl (C=O) groups is 1. The maximum Gasteiger partial charge on any atom is 0.574 e. The Morgan fingerprint density at radius 3 is 2.64 bits per heavy atom. The van der Waals surface area contributed by atoms with Crippen LogP contribution in [0.2, 0.25) is 0 Å². The number of hydrogen-bond donors (Lipinski definition) is 1. The van der Waals surface area contributed by atoms with Crippen LogP contribution in [0, 0.1) is 0 Å². The van der Waals surface area contributed by atoms with Gasteiger partial charge in [-0.25, -0.2) is 4.79 Å². The molecule has 0 fully saturated rings. The maximum atomic E-state index is 12.2. The van der Waals surface area contributed by atoms with E-state index in [0.717, 1.165) is 6.07 Å². The van der Waals surface area contributed by atoms with Gasteiger partial charge in [0.25, 0.3) is 5.91 Å². The van der Waals surface area contributed by atoms with E-state index in [-0.39, 0.29) is 11.4 Å². The van der Waals surface area contributed by atoms with Crippen molar-refractivity contribution in [1.82, 2.24) is 4.98 Å². The Morgan fingerprint density at radius 1 is 1.12 bits per heavy atom. The van der Waals surface area contributed by atoms with Gasteiger partial charge in [-0.2, -0.15) is 4.98 Å². The van der Waals surface area contributed by atoms with Gasteiger partial charge in [-0.05, 0) is 18.2 Å². The number of fused-ring (bicyclic) bond motifs is 1. The van der Waals surface area contributed by atoms with E-state index in [2.05, 4.69) is 15.0 Å². The molecule has 25 heavy (non-hydrogen) atoms. The molecule has 0 atom stereocenters. The second-order valence-corrected chi connectivity index (χ2v) is 4.85. The number of para-hydroxylation sites is 1. The van der Waals surface area contributed by atoms with Crippen molar-refractivity contribution in [3.05, 3.63) is 64.5 Å². The van der Waals surface area contributed by atoms with E-state index in [1.165, 1.54) is 18.2 Å². The summed E-state index contributed by atoms with van der Waals surface area (Å²) in [4.78, 5) is 27.6. The quantitative estimate of drug-likeness (QED) is 0.733. The normalized spacial score (nSPS) is 11.3. The molecule has 0 saturated heterocycles. The fourth-order valence-electron chi connectivity index (χ4n) is 2.06. The fourth-order valence-corrected chi connectivity index (χ4v) is 2.06. The summed E-state index contributed by atoms with van der Waals surface area (Å²) in [6.07, 6.45) is -4.91. The first-order chi connectivity index (χ1) is 11.8. The molecular weight excluding hydrogens is 341 g/mol. The second-order valence-electron chi connectivity index (χ2n) is 4.85. The van der Waals surface area contributed by atoms with Gasteiger partial charge in [0.1, 0.15) is 17.0 Å². The molecule has 6 nitrogen and oxygen atoms in total. The molecule has 0 saturated carbocycles. The van der Waals surface area contributed by atoms with Crippen LogP contribution in [0.25, 0.3) is 11.0 Å². The third-order valence-electron chi connectivity index (χ3n) is 3.07. The molecule has 0 radical (unpaired) electrons. The van der Waals surface area contributed by atoms with Crippen molar-refractivity contribution in [3.8, 4) is 5.88 Å². The summed E-state index contributed by atoms with van der Waals surface area (Å²) >= 11 is 0. The molecule has 1 N–H and O–H groups in total. The topological polar surface area (TPSA) is 81.4 Å². The van der Waals surface area contributed by atoms with E-state index in [1.54, 1.807) is 24.3 Å². The fraction of sp³-hybridized carbons (Fsp3) is 0.0625. The molecule has 0 aliphatic rings. The van der Waals surface area contributed by atoms with Crippen molar-refractivity contribution in [2.45, 2.75) is 6.36 Å². The number of halogens is 3. The number of anilines is 1. The monoisotopic (exact) mass is 350 g/mol. The van der Waals surface area contributed by atoms with E-state index in [1.807, 2.05) is 0 Å². The van der Waals surface area contributed by atoms with Gasteiger partial charge >= 0.3 is 12.0 Å². The van der Waals surface area contributed by atoms with Crippen LogP contribution in [0.5, 0.6) is 5.88 Å². The van der Waals surface area contributed by atoms with E-state index in [9.17, 15) is 22.8 Å². The lowest BCUT2D eigenvalue weighted by Crippen LogP contribution is -2.22. The summed E-state index contributed by atoms with van der Waals surface area (Å²) in [5.41, 5.74) is -0.871. The molecule has 0 spiro atoms. The highest BCUT2D eigenvalue weighted by Gasteiger charge is 2.31. The first-order valence-corrected chi connectivity index (χ1v) is 6.89. The van der Waals surface area contributed by atoms with Crippen LogP contribution >= 0.6 is 0 Å². The number of rotatable bonds is 3. The summed E-state index contributed by atoms with van der Waals surface area (Å²) < 4.78 is 45.3. The average Bonchev–Trinajstić information content (AvgIpc) is 2.52. The van der Waals surface area contributed by atoms with Crippen LogP contribution in [-0.4, -0.2) is 17.3 Å². The first-order valence-electron chi connectivity index (χ1n) is 6.89. The van der Waals surface area contributed by atoms with Gasteiger partial charge in [-0.3, -0.25) is 4.79 Å². The zero-order valence-corrected chi connectivity index (χ0v) is 12.3. The Kier molecular flexibility index (Phi) is 4.14. The smallest absolute Gasteiger partial charge is 0.422 e. The van der Waals surface area contributed by atoms with Crippen LogP contribution in [-0.2, 0) is 0 Å². The number of carbonyl (C=O) groups excluding carboxylic acids is 1. The molecule has 2 heterocycles. The van der Waals surface area contributed by atoms with E-state index in [0.29, 0.717) is 11.0 Å². The zero-order valence-electron chi connectivity index (χ0n) is 12.3. The molecule has 1 aromatic carbocycles. The third kappa shape index (κ3) is 3.94. The van der Waals surface area contributed by atoms with Gasteiger partial charge < -0.3 is 14.5 Å². The van der Waals surface area contributed by atoms with Crippen molar-refractivity contribution < 1.29 is 27.1 Å². The molecule has 2 aromatic heterocycles. The lowest BCUT2D eigenvalue weighted by atomic mass is 10.2. The SMILES string of the molecule is O=C(Nc1cccc(OC(F)(F)F)n1)c1cc2ccccc2oc1=O. The lowest BCUT2D eigenvalue weighted by Gasteiger charge is -2.09. The molecule has 0 aliphatic carbocycles. The van der Waals surface area contributed by atoms with Crippen molar-refractivity contribution in [2.75, 3.05) is 5.32 Å². The predicted molar refractivity (Wildman–Crippen MR) is 81.4 cm³/mol. The highest BCUT2D eigenvalue weighted by Crippen LogP contribution is 2.22. The van der Waals surface area contributed by atoms with Gasteiger partial charge in [-0.15, -0.1) is 13.2 Å². The number of nitrogens with one attached hydrogen (secondary N) is 1. The summed E-state index contributed by atoms with van der Waals surface area (Å²) in [5.74, 6) is -1.81. The largest absolute Gasteiger partial charge is 0.574 e. The molecule has 0 bridgehead atoms. The van der Waals surface area contributed by atoms with Gasteiger partial charge in [0.15, 0.2) is 0 Å². The number of ether oxygens (including phenoxy) is 1. The van der Waals surface area contributed by atoms with Gasteiger partial charge in [0.05, 0.1) is 0 Å². The van der Waals surface area contributed by atoms with Crippen LogP contribution in [0.1, 0.15) is 10.4 Å². The predicted octanol–water partition coefficient (Wildman–Crippen LogP) is 3.34. The van der Waals surface area contributed by atoms with Gasteiger partial charge in [-0.1, -0.05) is 24.3 Å². The number of amides is 1. The number of aromatic nitrogens is 1. The molecule has 1 amide bonds. The number of benzene rings is 1. The maximum absolute atomic E-state index is 12.2. The highest BCUT2D eigenvalue weighted by atomic mass is 19.4. The summed E-state index contributed by atoms with van der Waals surface area (Å²) in [5, 5.41) is 2.76. The minimum Gasteiger partial charge on any atom is -0.422 e. The Hall–Kier alpha value is -3.36. The number of pyridine rings is 1. The Balaban J connectivity index is 1.86. The van der Waals surface area contributed by atoms with Crippen molar-refractivity contribution in [2.24, 2.45) is 0 Å². The molecular formula is C16H9F3N2O4. The molecule has 3 aromatic rings. The van der Waals surface area contributed by atoms with Gasteiger partial charge in [0.2, 0.25) is 5.88 Å². The van der Waals surface area contributed by atoms with Crippen molar-refractivity contribution in [1.29, 1.82) is 0 Å². The minimum atomic E-state index is -4.91. The Morgan fingerprint density at radius 2 is 1.88 bits per heavy atom. The second kappa shape index (κ2) is 6.27. The number of alkyl halides is 3. The Bertz CT molecular complexity index is 998. The molecule has 0 aliphatic heterocycles. The van der Waals surface area contributed by atoms with E-state index in [4.69, 9.17) is 4.42 Å². The molecule has 9 heteroatoms. The standard InChI is InChI=1S/C16H9F3N2O4/c17-16(18,19)25-13-7-3-6-12(20-13)21-14(22)10-8-9-4-1-2-5-11(9)24-15(10)23/h1-8H,(H,20,21,22). The van der Waals surface area contributed by atoms with Crippen LogP contribution in [0.4, 0.5) is 19.0 Å². The van der Waals surface area contributed by atoms with E-state index < -0.39 is 23.8 Å². The third-order valence-corrected chi connectivity index (χ3v) is 3.07. The molecule has 0 unspecified atom stereocenters. The van der Waals surface area contributed by atoms with E-state index >= 15 is 0 Å². The molecule has 128 valence electrons. The number of hydrogen-bond acceptors (Lipinski definition) is 5. The molecule has 3 rings (SSSR count). The zero-order chi connectivity index (χ0) is 18.0. The lowest BCUT2D eigenvalue weighted by molar-refractivity contribution is -0.276. The first kappa shape index (κ1) is 16.5.